The molecule has 0 radical (unpaired) electrons. The number of rotatable bonds is 11. The number of benzene rings is 1. The lowest BCUT2D eigenvalue weighted by molar-refractivity contribution is 0.102. The number of para-hydroxylation sites is 1. The van der Waals surface area contributed by atoms with Crippen LogP contribution in [0.4, 0.5) is 5.13 Å². The number of aryl methyl sites for hydroxylation is 1. The normalized spacial score (nSPS) is 11.0. The summed E-state index contributed by atoms with van der Waals surface area (Å²) in [6.07, 6.45) is 7.79. The number of nitrogens with one attached hydrogen (secondary N) is 1. The standard InChI is InChI=1S/C20H27N3O2S/c1-4-5-6-7-10-13-25-18-12-9-8-11-17(18)14-21-23-20-22-15(2)19(26-20)16(3)24/h8-9,11-12,14H,4-7,10,13H2,1-3H3,(H,22,23)/b21-14-. The van der Waals surface area contributed by atoms with Crippen LogP contribution < -0.4 is 10.2 Å². The number of carbonyl (C=O) groups is 1. The number of anilines is 1. The number of aromatic nitrogens is 1. The molecule has 26 heavy (non-hydrogen) atoms. The minimum absolute atomic E-state index is 0.0229. The maximum absolute atomic E-state index is 11.5. The van der Waals surface area contributed by atoms with Crippen molar-refractivity contribution in [3.63, 3.8) is 0 Å². The van der Waals surface area contributed by atoms with Crippen LogP contribution in [0.25, 0.3) is 0 Å². The molecule has 0 spiro atoms. The molecular formula is C20H27N3O2S. The van der Waals surface area contributed by atoms with Gasteiger partial charge >= 0.3 is 0 Å². The minimum Gasteiger partial charge on any atom is -0.493 e. The van der Waals surface area contributed by atoms with E-state index < -0.39 is 0 Å². The van der Waals surface area contributed by atoms with Crippen molar-refractivity contribution in [1.29, 1.82) is 0 Å². The maximum Gasteiger partial charge on any atom is 0.204 e. The van der Waals surface area contributed by atoms with Gasteiger partial charge in [0.05, 0.1) is 23.4 Å². The Morgan fingerprint density at radius 2 is 2.04 bits per heavy atom. The van der Waals surface area contributed by atoms with Gasteiger partial charge in [0.2, 0.25) is 5.13 Å². The minimum atomic E-state index is 0.0229. The van der Waals surface area contributed by atoms with Gasteiger partial charge in [-0.2, -0.15) is 5.10 Å². The van der Waals surface area contributed by atoms with Crippen molar-refractivity contribution in [2.24, 2.45) is 5.10 Å². The molecule has 0 aliphatic carbocycles. The molecule has 0 fully saturated rings. The Morgan fingerprint density at radius 1 is 1.27 bits per heavy atom. The largest absolute Gasteiger partial charge is 0.493 e. The van der Waals surface area contributed by atoms with Crippen LogP contribution in [0.5, 0.6) is 5.75 Å². The lowest BCUT2D eigenvalue weighted by Crippen LogP contribution is -2.00. The van der Waals surface area contributed by atoms with E-state index >= 15 is 0 Å². The van der Waals surface area contributed by atoms with Crippen LogP contribution in [0.15, 0.2) is 29.4 Å². The fraction of sp³-hybridized carbons (Fsp3) is 0.450. The third-order valence-electron chi connectivity index (χ3n) is 3.90. The third kappa shape index (κ3) is 6.26. The fourth-order valence-electron chi connectivity index (χ4n) is 2.53. The van der Waals surface area contributed by atoms with Crippen LogP contribution in [0.3, 0.4) is 0 Å². The Kier molecular flexibility index (Phi) is 8.28. The van der Waals surface area contributed by atoms with Crippen LogP contribution in [-0.2, 0) is 0 Å². The van der Waals surface area contributed by atoms with Crippen LogP contribution >= 0.6 is 11.3 Å². The van der Waals surface area contributed by atoms with E-state index in [2.05, 4.69) is 22.4 Å². The van der Waals surface area contributed by atoms with Crippen LogP contribution in [-0.4, -0.2) is 23.6 Å². The second-order valence-electron chi connectivity index (χ2n) is 6.16. The summed E-state index contributed by atoms with van der Waals surface area (Å²) in [5.74, 6) is 0.850. The first kappa shape index (κ1) is 20.1. The van der Waals surface area contributed by atoms with Crippen molar-refractivity contribution in [2.45, 2.75) is 52.9 Å². The second-order valence-corrected chi connectivity index (χ2v) is 7.16. The number of nitrogens with zero attached hydrogens (tertiary/aromatic N) is 2. The SMILES string of the molecule is CCCCCCCOc1ccccc1/C=N\Nc1nc(C)c(C(C)=O)s1. The Morgan fingerprint density at radius 3 is 2.77 bits per heavy atom. The predicted octanol–water partition coefficient (Wildman–Crippen LogP) is 5.45. The number of carbonyl (C=O) groups excluding carboxylic acids is 1. The predicted molar refractivity (Wildman–Crippen MR) is 109 cm³/mol. The highest BCUT2D eigenvalue weighted by atomic mass is 32.1. The molecule has 0 bridgehead atoms. The van der Waals surface area contributed by atoms with E-state index in [4.69, 9.17) is 4.74 Å². The zero-order valence-electron chi connectivity index (χ0n) is 15.7. The molecule has 0 saturated carbocycles. The summed E-state index contributed by atoms with van der Waals surface area (Å²) in [4.78, 5) is 16.5. The van der Waals surface area contributed by atoms with E-state index in [0.29, 0.717) is 10.0 Å². The number of hydrogen-bond acceptors (Lipinski definition) is 6. The van der Waals surface area contributed by atoms with Crippen molar-refractivity contribution in [3.8, 4) is 5.75 Å². The summed E-state index contributed by atoms with van der Waals surface area (Å²) < 4.78 is 5.90. The third-order valence-corrected chi connectivity index (χ3v) is 5.07. The molecule has 1 aromatic carbocycles. The molecule has 0 unspecified atom stereocenters. The molecule has 1 heterocycles. The quantitative estimate of drug-likeness (QED) is 0.246. The number of hydrazone groups is 1. The van der Waals surface area contributed by atoms with Gasteiger partial charge in [-0.15, -0.1) is 0 Å². The Labute approximate surface area is 159 Å². The second kappa shape index (κ2) is 10.7. The lowest BCUT2D eigenvalue weighted by Gasteiger charge is -2.08. The Balaban J connectivity index is 1.89. The first-order valence-corrected chi connectivity index (χ1v) is 9.92. The van der Waals surface area contributed by atoms with Gasteiger partial charge in [0, 0.05) is 12.5 Å². The number of ketones is 1. The topological polar surface area (TPSA) is 63.6 Å². The first-order chi connectivity index (χ1) is 12.6. The number of hydrogen-bond donors (Lipinski definition) is 1. The van der Waals surface area contributed by atoms with E-state index in [9.17, 15) is 4.79 Å². The van der Waals surface area contributed by atoms with Crippen LogP contribution in [0.1, 0.15) is 66.9 Å². The maximum atomic E-state index is 11.5. The van der Waals surface area contributed by atoms with Gasteiger partial charge < -0.3 is 4.74 Å². The smallest absolute Gasteiger partial charge is 0.204 e. The highest BCUT2D eigenvalue weighted by Crippen LogP contribution is 2.23. The van der Waals surface area contributed by atoms with Crippen LogP contribution in [0.2, 0.25) is 0 Å². The van der Waals surface area contributed by atoms with Crippen molar-refractivity contribution < 1.29 is 9.53 Å². The molecule has 1 N–H and O–H groups in total. The average molecular weight is 374 g/mol. The summed E-state index contributed by atoms with van der Waals surface area (Å²) in [7, 11) is 0. The van der Waals surface area contributed by atoms with Crippen molar-refractivity contribution in [2.75, 3.05) is 12.0 Å². The number of Topliss-reactive ketones (excluding diaryl/α,β-unsaturated/α-hetero) is 1. The molecule has 5 nitrogen and oxygen atoms in total. The highest BCUT2D eigenvalue weighted by Gasteiger charge is 2.10. The van der Waals surface area contributed by atoms with Crippen molar-refractivity contribution in [3.05, 3.63) is 40.4 Å². The Hall–Kier alpha value is -2.21. The first-order valence-electron chi connectivity index (χ1n) is 9.11. The molecule has 140 valence electrons. The number of ether oxygens (including phenoxy) is 1. The van der Waals surface area contributed by atoms with E-state index in [-0.39, 0.29) is 5.78 Å². The molecule has 0 amide bonds. The van der Waals surface area contributed by atoms with E-state index in [1.54, 1.807) is 13.1 Å². The summed E-state index contributed by atoms with van der Waals surface area (Å²) in [6.45, 7) is 6.30. The van der Waals surface area contributed by atoms with Crippen molar-refractivity contribution in [1.82, 2.24) is 4.98 Å². The molecule has 1 aromatic heterocycles. The van der Waals surface area contributed by atoms with Gasteiger partial charge in [0.25, 0.3) is 0 Å². The lowest BCUT2D eigenvalue weighted by atomic mass is 10.2. The summed E-state index contributed by atoms with van der Waals surface area (Å²) in [5.41, 5.74) is 4.54. The molecule has 0 saturated heterocycles. The zero-order chi connectivity index (χ0) is 18.8. The fourth-order valence-corrected chi connectivity index (χ4v) is 3.35. The molecular weight excluding hydrogens is 346 g/mol. The average Bonchev–Trinajstić information content (AvgIpc) is 3.00. The number of unbranched alkanes of at least 4 members (excludes halogenated alkanes) is 4. The van der Waals surface area contributed by atoms with Gasteiger partial charge in [-0.05, 0) is 25.5 Å². The molecule has 0 atom stereocenters. The molecule has 2 aromatic rings. The number of thiazole rings is 1. The highest BCUT2D eigenvalue weighted by molar-refractivity contribution is 7.17. The summed E-state index contributed by atoms with van der Waals surface area (Å²) in [6, 6.07) is 7.83. The molecule has 2 rings (SSSR count). The van der Waals surface area contributed by atoms with Crippen molar-refractivity contribution >= 4 is 28.5 Å². The van der Waals surface area contributed by atoms with Crippen LogP contribution in [0, 0.1) is 6.92 Å². The summed E-state index contributed by atoms with van der Waals surface area (Å²) in [5, 5.41) is 4.85. The molecule has 0 aliphatic rings. The monoisotopic (exact) mass is 373 g/mol. The Bertz CT molecular complexity index is 740. The van der Waals surface area contributed by atoms with Gasteiger partial charge in [-0.25, -0.2) is 4.98 Å². The molecule has 6 heteroatoms. The van der Waals surface area contributed by atoms with E-state index in [1.165, 1.54) is 37.0 Å². The van der Waals surface area contributed by atoms with Gasteiger partial charge in [0.15, 0.2) is 5.78 Å². The molecule has 0 aliphatic heterocycles. The van der Waals surface area contributed by atoms with Gasteiger partial charge in [-0.1, -0.05) is 56.1 Å². The summed E-state index contributed by atoms with van der Waals surface area (Å²) >= 11 is 1.31. The van der Waals surface area contributed by atoms with E-state index in [1.807, 2.05) is 31.2 Å². The van der Waals surface area contributed by atoms with Gasteiger partial charge in [0.1, 0.15) is 5.75 Å². The zero-order valence-corrected chi connectivity index (χ0v) is 16.6. The van der Waals surface area contributed by atoms with E-state index in [0.717, 1.165) is 30.0 Å². The van der Waals surface area contributed by atoms with Gasteiger partial charge in [-0.3, -0.25) is 10.2 Å².